The first-order valence-corrected chi connectivity index (χ1v) is 13.6. The van der Waals surface area contributed by atoms with E-state index >= 15 is 0 Å². The molecule has 4 aliphatic rings. The summed E-state index contributed by atoms with van der Waals surface area (Å²) in [6.45, 7) is 12.3. The summed E-state index contributed by atoms with van der Waals surface area (Å²) >= 11 is 0. The van der Waals surface area contributed by atoms with Gasteiger partial charge in [0.05, 0.1) is 5.41 Å². The molecule has 0 radical (unpaired) electrons. The summed E-state index contributed by atoms with van der Waals surface area (Å²) in [4.78, 5) is 32.1. The molecular weight excluding hydrogens is 440 g/mol. The standard InChI is InChI=1S/C24H35N3O3.C4H9N/c1-23(2,3)30-22(29)26-17-12-24(13-18-26)11-6-16-27(21(24)28)20-9-7-19(8-10-20)25-14-4-5-15-25;1-2-4-5-3-1/h7-10H,4-6,11-18H2,1-3H3;5H,1-4H2. The quantitative estimate of drug-likeness (QED) is 0.653. The summed E-state index contributed by atoms with van der Waals surface area (Å²) in [5, 5.41) is 3.22. The normalized spacial score (nSPS) is 22.3. The van der Waals surface area contributed by atoms with Crippen molar-refractivity contribution in [3.63, 3.8) is 0 Å². The number of anilines is 2. The van der Waals surface area contributed by atoms with E-state index in [0.717, 1.165) is 38.2 Å². The Morgan fingerprint density at radius 2 is 1.43 bits per heavy atom. The maximum absolute atomic E-state index is 13.5. The van der Waals surface area contributed by atoms with Gasteiger partial charge in [-0.1, -0.05) is 0 Å². The van der Waals surface area contributed by atoms with Gasteiger partial charge in [0.2, 0.25) is 5.91 Å². The van der Waals surface area contributed by atoms with Gasteiger partial charge in [-0.2, -0.15) is 0 Å². The SMILES string of the molecule is C1CCNC1.CC(C)(C)OC(=O)N1CCC2(CCCN(c3ccc(N4CCCC4)cc3)C2=O)CC1. The molecule has 7 heteroatoms. The van der Waals surface area contributed by atoms with Gasteiger partial charge in [0.15, 0.2) is 0 Å². The lowest BCUT2D eigenvalue weighted by Gasteiger charge is -2.46. The second-order valence-corrected chi connectivity index (χ2v) is 11.5. The Hall–Kier alpha value is -2.28. The maximum Gasteiger partial charge on any atom is 0.410 e. The third kappa shape index (κ3) is 6.49. The fourth-order valence-corrected chi connectivity index (χ4v) is 5.67. The van der Waals surface area contributed by atoms with Gasteiger partial charge in [-0.15, -0.1) is 0 Å². The van der Waals surface area contributed by atoms with Crippen LogP contribution in [-0.2, 0) is 9.53 Å². The maximum atomic E-state index is 13.5. The van der Waals surface area contributed by atoms with Crippen molar-refractivity contribution in [2.45, 2.75) is 77.7 Å². The highest BCUT2D eigenvalue weighted by Gasteiger charge is 2.47. The fourth-order valence-electron chi connectivity index (χ4n) is 5.67. The van der Waals surface area contributed by atoms with Gasteiger partial charge >= 0.3 is 6.09 Å². The third-order valence-electron chi connectivity index (χ3n) is 7.70. The number of hydrogen-bond donors (Lipinski definition) is 1. The van der Waals surface area contributed by atoms with Gasteiger partial charge in [0, 0.05) is 44.1 Å². The molecule has 35 heavy (non-hydrogen) atoms. The molecule has 0 saturated carbocycles. The predicted octanol–water partition coefficient (Wildman–Crippen LogP) is 4.80. The molecule has 7 nitrogen and oxygen atoms in total. The van der Waals surface area contributed by atoms with E-state index in [2.05, 4.69) is 34.5 Å². The molecule has 4 heterocycles. The van der Waals surface area contributed by atoms with E-state index < -0.39 is 5.60 Å². The molecule has 0 atom stereocenters. The molecule has 194 valence electrons. The first-order chi connectivity index (χ1) is 16.8. The minimum atomic E-state index is -0.495. The Morgan fingerprint density at radius 3 is 1.97 bits per heavy atom. The molecule has 1 aromatic rings. The molecule has 0 aromatic heterocycles. The molecule has 2 amide bonds. The number of carbonyl (C=O) groups excluding carboxylic acids is 2. The molecule has 0 aliphatic carbocycles. The number of nitrogens with zero attached hydrogens (tertiary/aromatic N) is 3. The van der Waals surface area contributed by atoms with Gasteiger partial charge in [0.1, 0.15) is 5.60 Å². The highest BCUT2D eigenvalue weighted by atomic mass is 16.6. The van der Waals surface area contributed by atoms with Crippen LogP contribution < -0.4 is 15.1 Å². The van der Waals surface area contributed by atoms with Crippen molar-refractivity contribution >= 4 is 23.4 Å². The number of benzene rings is 1. The molecule has 0 bridgehead atoms. The van der Waals surface area contributed by atoms with Crippen molar-refractivity contribution in [3.05, 3.63) is 24.3 Å². The van der Waals surface area contributed by atoms with E-state index in [0.29, 0.717) is 25.9 Å². The lowest BCUT2D eigenvalue weighted by molar-refractivity contribution is -0.133. The first kappa shape index (κ1) is 25.8. The Bertz CT molecular complexity index is 838. The van der Waals surface area contributed by atoms with Crippen molar-refractivity contribution < 1.29 is 14.3 Å². The van der Waals surface area contributed by atoms with Crippen molar-refractivity contribution in [2.24, 2.45) is 5.41 Å². The monoisotopic (exact) mass is 484 g/mol. The van der Waals surface area contributed by atoms with Gasteiger partial charge in [0.25, 0.3) is 0 Å². The molecule has 1 spiro atoms. The zero-order valence-corrected chi connectivity index (χ0v) is 22.0. The number of likely N-dealkylation sites (tertiary alicyclic amines) is 1. The molecule has 1 aromatic carbocycles. The molecular formula is C28H44N4O3. The van der Waals surface area contributed by atoms with E-state index in [4.69, 9.17) is 4.74 Å². The van der Waals surface area contributed by atoms with Gasteiger partial charge < -0.3 is 24.8 Å². The van der Waals surface area contributed by atoms with E-state index in [-0.39, 0.29) is 17.4 Å². The Kier molecular flexibility index (Phi) is 8.25. The fraction of sp³-hybridized carbons (Fsp3) is 0.714. The van der Waals surface area contributed by atoms with Crippen LogP contribution in [0.25, 0.3) is 0 Å². The van der Waals surface area contributed by atoms with Crippen molar-refractivity contribution in [2.75, 3.05) is 55.6 Å². The second-order valence-electron chi connectivity index (χ2n) is 11.5. The first-order valence-electron chi connectivity index (χ1n) is 13.6. The number of amides is 2. The summed E-state index contributed by atoms with van der Waals surface area (Å²) in [5.74, 6) is 0.228. The summed E-state index contributed by atoms with van der Waals surface area (Å²) in [5.41, 5.74) is 1.41. The average Bonchev–Trinajstić information content (AvgIpc) is 3.58. The number of nitrogens with one attached hydrogen (secondary N) is 1. The van der Waals surface area contributed by atoms with E-state index in [1.54, 1.807) is 4.90 Å². The smallest absolute Gasteiger partial charge is 0.410 e. The van der Waals surface area contributed by atoms with Crippen LogP contribution in [0.5, 0.6) is 0 Å². The Labute approximate surface area is 211 Å². The topological polar surface area (TPSA) is 65.1 Å². The summed E-state index contributed by atoms with van der Waals surface area (Å²) in [6, 6.07) is 8.50. The number of carbonyl (C=O) groups is 2. The summed E-state index contributed by atoms with van der Waals surface area (Å²) < 4.78 is 5.51. The zero-order valence-electron chi connectivity index (χ0n) is 22.0. The molecule has 0 unspecified atom stereocenters. The van der Waals surface area contributed by atoms with Crippen LogP contribution in [-0.4, -0.2) is 68.3 Å². The Morgan fingerprint density at radius 1 is 0.829 bits per heavy atom. The van der Waals surface area contributed by atoms with Crippen LogP contribution in [0.4, 0.5) is 16.2 Å². The van der Waals surface area contributed by atoms with Crippen molar-refractivity contribution in [1.29, 1.82) is 0 Å². The highest BCUT2D eigenvalue weighted by Crippen LogP contribution is 2.42. The minimum Gasteiger partial charge on any atom is -0.444 e. The predicted molar refractivity (Wildman–Crippen MR) is 141 cm³/mol. The largest absolute Gasteiger partial charge is 0.444 e. The molecule has 4 aliphatic heterocycles. The van der Waals surface area contributed by atoms with Crippen LogP contribution in [0.2, 0.25) is 0 Å². The molecule has 5 rings (SSSR count). The van der Waals surface area contributed by atoms with E-state index in [1.807, 2.05) is 25.7 Å². The average molecular weight is 485 g/mol. The number of rotatable bonds is 2. The van der Waals surface area contributed by atoms with Crippen LogP contribution in [0, 0.1) is 5.41 Å². The second kappa shape index (κ2) is 11.2. The molecule has 4 fully saturated rings. The molecule has 1 N–H and O–H groups in total. The van der Waals surface area contributed by atoms with E-state index in [1.165, 1.54) is 44.5 Å². The third-order valence-corrected chi connectivity index (χ3v) is 7.70. The van der Waals surface area contributed by atoms with E-state index in [9.17, 15) is 9.59 Å². The summed E-state index contributed by atoms with van der Waals surface area (Å²) in [7, 11) is 0. The van der Waals surface area contributed by atoms with Crippen molar-refractivity contribution in [1.82, 2.24) is 10.2 Å². The highest BCUT2D eigenvalue weighted by molar-refractivity contribution is 5.98. The number of piperidine rings is 2. The van der Waals surface area contributed by atoms with Gasteiger partial charge in [-0.05, 0) is 109 Å². The minimum absolute atomic E-state index is 0.228. The van der Waals surface area contributed by atoms with Crippen LogP contribution in [0.3, 0.4) is 0 Å². The number of ether oxygens (including phenoxy) is 1. The Balaban J connectivity index is 0.000000514. The van der Waals surface area contributed by atoms with Gasteiger partial charge in [-0.3, -0.25) is 4.79 Å². The van der Waals surface area contributed by atoms with Crippen LogP contribution in [0.15, 0.2) is 24.3 Å². The van der Waals surface area contributed by atoms with Crippen LogP contribution in [0.1, 0.15) is 72.1 Å². The lowest BCUT2D eigenvalue weighted by Crippen LogP contribution is -2.55. The zero-order chi connectivity index (χ0) is 24.9. The van der Waals surface area contributed by atoms with Crippen molar-refractivity contribution in [3.8, 4) is 0 Å². The molecule has 4 saturated heterocycles. The van der Waals surface area contributed by atoms with Gasteiger partial charge in [-0.25, -0.2) is 4.79 Å². The summed E-state index contributed by atoms with van der Waals surface area (Å²) in [6.07, 6.45) is 8.38. The lowest BCUT2D eigenvalue weighted by atomic mass is 9.71. The van der Waals surface area contributed by atoms with Crippen LogP contribution >= 0.6 is 0 Å². The number of hydrogen-bond acceptors (Lipinski definition) is 5.